The van der Waals surface area contributed by atoms with Crippen LogP contribution in [0.3, 0.4) is 0 Å². The van der Waals surface area contributed by atoms with Crippen molar-refractivity contribution in [3.8, 4) is 5.88 Å². The molecule has 0 aliphatic heterocycles. The molecule has 3 aromatic heterocycles. The average molecular weight is 435 g/mol. The van der Waals surface area contributed by atoms with Gasteiger partial charge in [-0.25, -0.2) is 4.68 Å². The third kappa shape index (κ3) is 3.88. The highest BCUT2D eigenvalue weighted by atomic mass is 32.1. The number of para-hydroxylation sites is 1. The maximum atomic E-state index is 12.6. The fourth-order valence-corrected chi connectivity index (χ4v) is 4.34. The first-order valence-electron chi connectivity index (χ1n) is 10.1. The van der Waals surface area contributed by atoms with E-state index >= 15 is 0 Å². The first kappa shape index (κ1) is 19.6. The minimum atomic E-state index is -0.215. The van der Waals surface area contributed by atoms with Gasteiger partial charge in [-0.05, 0) is 25.5 Å². The molecule has 1 saturated carbocycles. The van der Waals surface area contributed by atoms with Crippen LogP contribution in [0.1, 0.15) is 23.0 Å². The van der Waals surface area contributed by atoms with Gasteiger partial charge in [0.2, 0.25) is 11.0 Å². The van der Waals surface area contributed by atoms with E-state index in [0.717, 1.165) is 28.0 Å². The number of hydrogen-bond donors (Lipinski definition) is 0. The smallest absolute Gasteiger partial charge is 0.290 e. The molecule has 2 atom stereocenters. The monoisotopic (exact) mass is 434 g/mol. The molecule has 9 heteroatoms. The minimum Gasteiger partial charge on any atom is -0.476 e. The molecule has 0 N–H and O–H groups in total. The Morgan fingerprint density at radius 3 is 2.87 bits per heavy atom. The quantitative estimate of drug-likeness (QED) is 0.459. The molecule has 1 fully saturated rings. The summed E-state index contributed by atoms with van der Waals surface area (Å²) in [7, 11) is 3.42. The lowest BCUT2D eigenvalue weighted by atomic mass is 10.1. The zero-order valence-corrected chi connectivity index (χ0v) is 18.3. The van der Waals surface area contributed by atoms with Gasteiger partial charge >= 0.3 is 0 Å². The highest BCUT2D eigenvalue weighted by Gasteiger charge is 2.40. The standard InChI is InChI=1S/C22H22N6O2S/c1-13-24-25-22(31-13)27(2)19-11-20(26-28(3)21(19)29)30-12-15-10-16(15)18-9-8-14-6-4-5-7-17(14)23-18/h4-9,11,15-16H,10,12H2,1-3H3/t15-,16+/m1/s1. The number of hydrogen-bond acceptors (Lipinski definition) is 8. The highest BCUT2D eigenvalue weighted by Crippen LogP contribution is 2.47. The number of fused-ring (bicyclic) bond motifs is 1. The van der Waals surface area contributed by atoms with Crippen molar-refractivity contribution < 1.29 is 4.74 Å². The Morgan fingerprint density at radius 2 is 2.06 bits per heavy atom. The third-order valence-electron chi connectivity index (χ3n) is 5.55. The number of rotatable bonds is 6. The Balaban J connectivity index is 1.29. The summed E-state index contributed by atoms with van der Waals surface area (Å²) in [6, 6.07) is 14.0. The molecule has 0 saturated heterocycles. The Bertz CT molecular complexity index is 1320. The number of pyridine rings is 1. The molecule has 8 nitrogen and oxygen atoms in total. The number of aromatic nitrogens is 5. The second kappa shape index (κ2) is 7.73. The van der Waals surface area contributed by atoms with Gasteiger partial charge in [-0.3, -0.25) is 9.78 Å². The largest absolute Gasteiger partial charge is 0.476 e. The average Bonchev–Trinajstić information content (AvgIpc) is 3.43. The molecular weight excluding hydrogens is 412 g/mol. The molecule has 1 aliphatic rings. The molecule has 158 valence electrons. The first-order chi connectivity index (χ1) is 15.0. The molecule has 0 spiro atoms. The van der Waals surface area contributed by atoms with Crippen LogP contribution in [-0.2, 0) is 7.05 Å². The summed E-state index contributed by atoms with van der Waals surface area (Å²) in [6.07, 6.45) is 1.04. The van der Waals surface area contributed by atoms with Crippen molar-refractivity contribution in [1.82, 2.24) is 25.0 Å². The fourth-order valence-electron chi connectivity index (χ4n) is 3.68. The van der Waals surface area contributed by atoms with Gasteiger partial charge < -0.3 is 9.64 Å². The van der Waals surface area contributed by atoms with Crippen LogP contribution in [0.5, 0.6) is 5.88 Å². The van der Waals surface area contributed by atoms with Crippen molar-refractivity contribution in [2.75, 3.05) is 18.6 Å². The molecule has 1 aromatic carbocycles. The van der Waals surface area contributed by atoms with Gasteiger partial charge in [-0.1, -0.05) is 35.6 Å². The number of benzene rings is 1. The normalized spacial score (nSPS) is 17.6. The molecule has 4 aromatic rings. The predicted molar refractivity (Wildman–Crippen MR) is 120 cm³/mol. The van der Waals surface area contributed by atoms with Crippen molar-refractivity contribution in [2.24, 2.45) is 13.0 Å². The Morgan fingerprint density at radius 1 is 1.23 bits per heavy atom. The second-order valence-corrected chi connectivity index (χ2v) is 8.96. The number of ether oxygens (including phenoxy) is 1. The maximum absolute atomic E-state index is 12.6. The molecule has 31 heavy (non-hydrogen) atoms. The summed E-state index contributed by atoms with van der Waals surface area (Å²) < 4.78 is 7.27. The van der Waals surface area contributed by atoms with E-state index in [0.29, 0.717) is 35.1 Å². The van der Waals surface area contributed by atoms with E-state index in [4.69, 9.17) is 9.72 Å². The van der Waals surface area contributed by atoms with E-state index in [2.05, 4.69) is 33.5 Å². The lowest BCUT2D eigenvalue weighted by molar-refractivity contribution is 0.278. The Labute approximate surface area is 183 Å². The van der Waals surface area contributed by atoms with Crippen LogP contribution in [0.15, 0.2) is 47.3 Å². The van der Waals surface area contributed by atoms with Crippen LogP contribution in [0.2, 0.25) is 0 Å². The zero-order valence-electron chi connectivity index (χ0n) is 17.5. The molecular formula is C22H22N6O2S. The van der Waals surface area contributed by atoms with Crippen molar-refractivity contribution >= 4 is 33.1 Å². The Hall–Kier alpha value is -3.33. The molecule has 1 aliphatic carbocycles. The van der Waals surface area contributed by atoms with E-state index in [1.54, 1.807) is 25.1 Å². The van der Waals surface area contributed by atoms with E-state index in [-0.39, 0.29) is 5.56 Å². The zero-order chi connectivity index (χ0) is 21.5. The summed E-state index contributed by atoms with van der Waals surface area (Å²) >= 11 is 1.43. The maximum Gasteiger partial charge on any atom is 0.290 e. The number of aryl methyl sites for hydroxylation is 2. The van der Waals surface area contributed by atoms with Gasteiger partial charge in [-0.15, -0.1) is 15.3 Å². The molecule has 0 radical (unpaired) electrons. The third-order valence-corrected chi connectivity index (χ3v) is 6.47. The van der Waals surface area contributed by atoms with E-state index in [1.165, 1.54) is 16.0 Å². The number of nitrogens with zero attached hydrogens (tertiary/aromatic N) is 6. The molecule has 5 rings (SSSR count). The van der Waals surface area contributed by atoms with Crippen LogP contribution in [-0.4, -0.2) is 38.6 Å². The molecule has 3 heterocycles. The fraction of sp³-hybridized carbons (Fsp3) is 0.318. The van der Waals surface area contributed by atoms with Gasteiger partial charge in [0.25, 0.3) is 5.56 Å². The number of anilines is 2. The van der Waals surface area contributed by atoms with Crippen molar-refractivity contribution in [3.05, 3.63) is 63.5 Å². The molecule has 0 amide bonds. The highest BCUT2D eigenvalue weighted by molar-refractivity contribution is 7.15. The van der Waals surface area contributed by atoms with E-state index in [1.807, 2.05) is 25.1 Å². The van der Waals surface area contributed by atoms with Gasteiger partial charge in [0.05, 0.1) is 12.1 Å². The summed E-state index contributed by atoms with van der Waals surface area (Å²) in [4.78, 5) is 19.1. The van der Waals surface area contributed by atoms with E-state index in [9.17, 15) is 4.79 Å². The van der Waals surface area contributed by atoms with Gasteiger partial charge in [0.15, 0.2) is 0 Å². The molecule has 0 bridgehead atoms. The summed E-state index contributed by atoms with van der Waals surface area (Å²) in [6.45, 7) is 2.41. The first-order valence-corrected chi connectivity index (χ1v) is 10.9. The lowest BCUT2D eigenvalue weighted by Crippen LogP contribution is -2.27. The van der Waals surface area contributed by atoms with Crippen molar-refractivity contribution in [2.45, 2.75) is 19.3 Å². The van der Waals surface area contributed by atoms with Gasteiger partial charge in [0.1, 0.15) is 10.7 Å². The topological polar surface area (TPSA) is 86.0 Å². The summed E-state index contributed by atoms with van der Waals surface area (Å²) in [5.41, 5.74) is 2.36. The summed E-state index contributed by atoms with van der Waals surface area (Å²) in [5, 5.41) is 15.0. The SMILES string of the molecule is Cc1nnc(N(C)c2cc(OC[C@H]3C[C@@H]3c3ccc4ccccc4n3)nn(C)c2=O)s1. The van der Waals surface area contributed by atoms with Crippen LogP contribution in [0.4, 0.5) is 10.8 Å². The molecule has 0 unspecified atom stereocenters. The minimum absolute atomic E-state index is 0.215. The van der Waals surface area contributed by atoms with Crippen molar-refractivity contribution in [1.29, 1.82) is 0 Å². The van der Waals surface area contributed by atoms with Crippen LogP contribution in [0, 0.1) is 12.8 Å². The van der Waals surface area contributed by atoms with Gasteiger partial charge in [-0.2, -0.15) is 0 Å². The Kier molecular flexibility index (Phi) is 4.90. The van der Waals surface area contributed by atoms with Crippen molar-refractivity contribution in [3.63, 3.8) is 0 Å². The lowest BCUT2D eigenvalue weighted by Gasteiger charge is -2.16. The van der Waals surface area contributed by atoms with Gasteiger partial charge in [0, 0.05) is 43.1 Å². The predicted octanol–water partition coefficient (Wildman–Crippen LogP) is 3.44. The van der Waals surface area contributed by atoms with Crippen LogP contribution >= 0.6 is 11.3 Å². The van der Waals surface area contributed by atoms with Crippen LogP contribution in [0.25, 0.3) is 10.9 Å². The summed E-state index contributed by atoms with van der Waals surface area (Å²) in [5.74, 6) is 1.20. The van der Waals surface area contributed by atoms with Crippen LogP contribution < -0.4 is 15.2 Å². The van der Waals surface area contributed by atoms with E-state index < -0.39 is 0 Å². The second-order valence-electron chi connectivity index (χ2n) is 7.80.